The van der Waals surface area contributed by atoms with E-state index in [1.54, 1.807) is 24.3 Å². The Bertz CT molecular complexity index is 881. The number of hydrazone groups is 1. The van der Waals surface area contributed by atoms with E-state index in [1.165, 1.54) is 19.4 Å². The summed E-state index contributed by atoms with van der Waals surface area (Å²) in [5, 5.41) is 25.5. The highest BCUT2D eigenvalue weighted by Crippen LogP contribution is 2.25. The van der Waals surface area contributed by atoms with Crippen LogP contribution in [-0.2, 0) is 11.2 Å². The first-order chi connectivity index (χ1) is 12.4. The topological polar surface area (TPSA) is 137 Å². The van der Waals surface area contributed by atoms with Crippen LogP contribution in [0, 0.1) is 20.2 Å². The molecule has 2 aromatic rings. The van der Waals surface area contributed by atoms with Crippen LogP contribution in [0.5, 0.6) is 5.75 Å². The molecule has 0 bridgehead atoms. The van der Waals surface area contributed by atoms with Gasteiger partial charge in [0.25, 0.3) is 11.4 Å². The second-order valence-corrected chi connectivity index (χ2v) is 5.07. The molecule has 0 aromatic heterocycles. The van der Waals surface area contributed by atoms with Crippen molar-refractivity contribution < 1.29 is 19.4 Å². The molecular formula is C16H14N4O6. The summed E-state index contributed by atoms with van der Waals surface area (Å²) in [5.41, 5.74) is 2.08. The number of non-ortho nitro benzene ring substituents is 1. The van der Waals surface area contributed by atoms with Crippen molar-refractivity contribution in [2.45, 2.75) is 6.42 Å². The van der Waals surface area contributed by atoms with Crippen molar-refractivity contribution in [3.63, 3.8) is 0 Å². The Balaban J connectivity index is 2.06. The lowest BCUT2D eigenvalue weighted by Crippen LogP contribution is -2.20. The largest absolute Gasteiger partial charge is 0.497 e. The zero-order valence-electron chi connectivity index (χ0n) is 13.6. The Morgan fingerprint density at radius 2 is 1.96 bits per heavy atom. The monoisotopic (exact) mass is 358 g/mol. The number of carbonyl (C=O) groups excluding carboxylic acids is 1. The van der Waals surface area contributed by atoms with Crippen LogP contribution in [0.15, 0.2) is 47.6 Å². The second-order valence-electron chi connectivity index (χ2n) is 5.07. The van der Waals surface area contributed by atoms with Crippen molar-refractivity contribution in [2.24, 2.45) is 5.10 Å². The molecule has 0 atom stereocenters. The Kier molecular flexibility index (Phi) is 5.93. The molecule has 2 aromatic carbocycles. The minimum atomic E-state index is -0.769. The number of nitrogens with zero attached hydrogens (tertiary/aromatic N) is 3. The molecule has 134 valence electrons. The van der Waals surface area contributed by atoms with Gasteiger partial charge in [0.05, 0.1) is 35.7 Å². The number of ether oxygens (including phenoxy) is 1. The molecule has 1 N–H and O–H groups in total. The van der Waals surface area contributed by atoms with E-state index in [2.05, 4.69) is 10.5 Å². The number of rotatable bonds is 7. The van der Waals surface area contributed by atoms with E-state index in [1.807, 2.05) is 0 Å². The van der Waals surface area contributed by atoms with Gasteiger partial charge >= 0.3 is 0 Å². The van der Waals surface area contributed by atoms with Crippen molar-refractivity contribution in [1.29, 1.82) is 0 Å². The molecule has 0 saturated carbocycles. The van der Waals surface area contributed by atoms with Gasteiger partial charge in [-0.15, -0.1) is 0 Å². The fourth-order valence-corrected chi connectivity index (χ4v) is 2.10. The van der Waals surface area contributed by atoms with Crippen molar-refractivity contribution in [1.82, 2.24) is 5.43 Å². The maximum absolute atomic E-state index is 11.9. The molecule has 1 amide bonds. The Morgan fingerprint density at radius 3 is 2.62 bits per heavy atom. The summed E-state index contributed by atoms with van der Waals surface area (Å²) in [6.07, 6.45) is 1.05. The van der Waals surface area contributed by atoms with Gasteiger partial charge in [-0.2, -0.15) is 5.10 Å². The van der Waals surface area contributed by atoms with Crippen LogP contribution >= 0.6 is 0 Å². The first-order valence-electron chi connectivity index (χ1n) is 7.28. The third kappa shape index (κ3) is 4.84. The van der Waals surface area contributed by atoms with Gasteiger partial charge < -0.3 is 4.74 Å². The number of nitro benzene ring substituents is 2. The minimum absolute atomic E-state index is 0.0506. The average molecular weight is 358 g/mol. The Labute approximate surface area is 147 Å². The Morgan fingerprint density at radius 1 is 1.19 bits per heavy atom. The smallest absolute Gasteiger partial charge is 0.279 e. The zero-order chi connectivity index (χ0) is 19.1. The maximum Gasteiger partial charge on any atom is 0.279 e. The van der Waals surface area contributed by atoms with Gasteiger partial charge in [-0.3, -0.25) is 25.0 Å². The fraction of sp³-hybridized carbons (Fsp3) is 0.125. The number of hydrogen-bond donors (Lipinski definition) is 1. The van der Waals surface area contributed by atoms with Crippen LogP contribution in [-0.4, -0.2) is 29.1 Å². The first kappa shape index (κ1) is 18.5. The summed E-state index contributed by atoms with van der Waals surface area (Å²) in [7, 11) is 1.52. The molecule has 10 nitrogen and oxygen atoms in total. The standard InChI is InChI=1S/C16H14N4O6/c1-26-14-4-2-3-11(7-14)10-17-18-16(21)8-12-5-6-13(19(22)23)9-15(12)20(24)25/h2-7,9-10H,8H2,1H3,(H,18,21)/b17-10+. The number of carbonyl (C=O) groups is 1. The highest BCUT2D eigenvalue weighted by atomic mass is 16.6. The molecule has 0 aliphatic carbocycles. The Hall–Kier alpha value is -3.82. The lowest BCUT2D eigenvalue weighted by molar-refractivity contribution is -0.394. The predicted molar refractivity (Wildman–Crippen MR) is 92.2 cm³/mol. The SMILES string of the molecule is COc1cccc(/C=N/NC(=O)Cc2ccc([N+](=O)[O-])cc2[N+](=O)[O-])c1. The van der Waals surface area contributed by atoms with E-state index in [-0.39, 0.29) is 12.0 Å². The van der Waals surface area contributed by atoms with E-state index in [0.29, 0.717) is 11.3 Å². The molecule has 0 saturated heterocycles. The number of benzene rings is 2. The van der Waals surface area contributed by atoms with Crippen LogP contribution in [0.1, 0.15) is 11.1 Å². The lowest BCUT2D eigenvalue weighted by Gasteiger charge is -2.03. The van der Waals surface area contributed by atoms with Gasteiger partial charge in [0, 0.05) is 11.6 Å². The first-order valence-corrected chi connectivity index (χ1v) is 7.28. The van der Waals surface area contributed by atoms with Gasteiger partial charge in [-0.05, 0) is 23.8 Å². The van der Waals surface area contributed by atoms with Gasteiger partial charge in [-0.1, -0.05) is 12.1 Å². The summed E-state index contributed by atoms with van der Waals surface area (Å²) >= 11 is 0. The zero-order valence-corrected chi connectivity index (χ0v) is 13.6. The third-order valence-electron chi connectivity index (χ3n) is 3.32. The number of amides is 1. The molecule has 0 aliphatic heterocycles. The van der Waals surface area contributed by atoms with Gasteiger partial charge in [0.15, 0.2) is 0 Å². The molecule has 0 fully saturated rings. The van der Waals surface area contributed by atoms with Crippen molar-refractivity contribution in [2.75, 3.05) is 7.11 Å². The molecule has 26 heavy (non-hydrogen) atoms. The number of nitro groups is 2. The molecular weight excluding hydrogens is 344 g/mol. The summed E-state index contributed by atoms with van der Waals surface area (Å²) in [6, 6.07) is 10.1. The van der Waals surface area contributed by atoms with Crippen LogP contribution in [0.4, 0.5) is 11.4 Å². The summed E-state index contributed by atoms with van der Waals surface area (Å²) in [4.78, 5) is 32.2. The third-order valence-corrected chi connectivity index (χ3v) is 3.32. The molecule has 0 heterocycles. The normalized spacial score (nSPS) is 10.5. The molecule has 0 aliphatic rings. The van der Waals surface area contributed by atoms with Crippen molar-refractivity contribution in [3.8, 4) is 5.75 Å². The summed E-state index contributed by atoms with van der Waals surface area (Å²) < 4.78 is 5.06. The lowest BCUT2D eigenvalue weighted by atomic mass is 10.1. The average Bonchev–Trinajstić information content (AvgIpc) is 2.61. The molecule has 0 spiro atoms. The molecule has 0 unspecified atom stereocenters. The van der Waals surface area contributed by atoms with Gasteiger partial charge in [-0.25, -0.2) is 5.43 Å². The van der Waals surface area contributed by atoms with Crippen LogP contribution in [0.25, 0.3) is 0 Å². The van der Waals surface area contributed by atoms with E-state index in [9.17, 15) is 25.0 Å². The van der Waals surface area contributed by atoms with Crippen LogP contribution in [0.3, 0.4) is 0 Å². The molecule has 10 heteroatoms. The highest BCUT2D eigenvalue weighted by Gasteiger charge is 2.20. The number of methoxy groups -OCH3 is 1. The summed E-state index contributed by atoms with van der Waals surface area (Å²) in [6.45, 7) is 0. The highest BCUT2D eigenvalue weighted by molar-refractivity contribution is 5.84. The second kappa shape index (κ2) is 8.33. The van der Waals surface area contributed by atoms with E-state index in [4.69, 9.17) is 4.74 Å². The van der Waals surface area contributed by atoms with Gasteiger partial charge in [0.1, 0.15) is 5.75 Å². The number of hydrogen-bond acceptors (Lipinski definition) is 7. The van der Waals surface area contributed by atoms with Crippen LogP contribution < -0.4 is 10.2 Å². The molecule has 2 rings (SSSR count). The predicted octanol–water partition coefficient (Wildman–Crippen LogP) is 2.20. The molecule has 0 radical (unpaired) electrons. The quantitative estimate of drug-likeness (QED) is 0.457. The fourth-order valence-electron chi connectivity index (χ4n) is 2.10. The minimum Gasteiger partial charge on any atom is -0.497 e. The van der Waals surface area contributed by atoms with Crippen molar-refractivity contribution in [3.05, 3.63) is 73.8 Å². The van der Waals surface area contributed by atoms with Gasteiger partial charge in [0.2, 0.25) is 5.91 Å². The number of nitrogens with one attached hydrogen (secondary N) is 1. The summed E-state index contributed by atoms with van der Waals surface area (Å²) in [5.74, 6) is 0.0304. The van der Waals surface area contributed by atoms with Crippen LogP contribution in [0.2, 0.25) is 0 Å². The van der Waals surface area contributed by atoms with E-state index >= 15 is 0 Å². The van der Waals surface area contributed by atoms with E-state index < -0.39 is 27.1 Å². The maximum atomic E-state index is 11.9. The van der Waals surface area contributed by atoms with E-state index in [0.717, 1.165) is 12.1 Å². The van der Waals surface area contributed by atoms with Crippen molar-refractivity contribution >= 4 is 23.5 Å².